The Morgan fingerprint density at radius 3 is 2.19 bits per heavy atom. The van der Waals surface area contributed by atoms with Crippen LogP contribution in [0.25, 0.3) is 0 Å². The molecule has 0 heterocycles. The van der Waals surface area contributed by atoms with E-state index in [0.29, 0.717) is 23.8 Å². The summed E-state index contributed by atoms with van der Waals surface area (Å²) in [5.41, 5.74) is -0.848. The highest BCUT2D eigenvalue weighted by atomic mass is 19.4. The highest BCUT2D eigenvalue weighted by Gasteiger charge is 2.31. The van der Waals surface area contributed by atoms with Gasteiger partial charge < -0.3 is 10.2 Å². The summed E-state index contributed by atoms with van der Waals surface area (Å²) >= 11 is 0. The lowest BCUT2D eigenvalue weighted by atomic mass is 9.99. The number of hydrogen-bond donors (Lipinski definition) is 2. The lowest BCUT2D eigenvalue weighted by Gasteiger charge is -2.15. The number of phenols is 1. The van der Waals surface area contributed by atoms with Crippen molar-refractivity contribution in [2.24, 2.45) is 0 Å². The van der Waals surface area contributed by atoms with Crippen molar-refractivity contribution >= 4 is 0 Å². The van der Waals surface area contributed by atoms with Crippen LogP contribution in [0.4, 0.5) is 17.6 Å². The quantitative estimate of drug-likeness (QED) is 0.846. The zero-order valence-corrected chi connectivity index (χ0v) is 10.7. The molecule has 2 aromatic carbocycles. The summed E-state index contributed by atoms with van der Waals surface area (Å²) in [4.78, 5) is 0. The molecule has 0 amide bonds. The van der Waals surface area contributed by atoms with Crippen LogP contribution < -0.4 is 0 Å². The third-order valence-electron chi connectivity index (χ3n) is 3.05. The van der Waals surface area contributed by atoms with Gasteiger partial charge in [0, 0.05) is 12.0 Å². The fraction of sp³-hybridized carbons (Fsp3) is 0.200. The molecule has 0 saturated carbocycles. The van der Waals surface area contributed by atoms with Crippen molar-refractivity contribution in [3.63, 3.8) is 0 Å². The summed E-state index contributed by atoms with van der Waals surface area (Å²) in [6, 6.07) is 7.70. The number of aliphatic hydroxyl groups excluding tert-OH is 1. The van der Waals surface area contributed by atoms with Gasteiger partial charge in [-0.15, -0.1) is 0 Å². The first-order chi connectivity index (χ1) is 9.77. The maximum Gasteiger partial charge on any atom is 0.416 e. The monoisotopic (exact) mass is 300 g/mol. The van der Waals surface area contributed by atoms with Crippen molar-refractivity contribution in [3.8, 4) is 5.75 Å². The van der Waals surface area contributed by atoms with E-state index in [-0.39, 0.29) is 12.2 Å². The van der Waals surface area contributed by atoms with Gasteiger partial charge in [-0.1, -0.05) is 12.1 Å². The molecule has 0 radical (unpaired) electrons. The normalized spacial score (nSPS) is 13.2. The van der Waals surface area contributed by atoms with Crippen LogP contribution in [0.2, 0.25) is 0 Å². The van der Waals surface area contributed by atoms with Gasteiger partial charge in [0.15, 0.2) is 0 Å². The molecule has 0 aliphatic carbocycles. The summed E-state index contributed by atoms with van der Waals surface area (Å²) in [5, 5.41) is 19.1. The molecule has 21 heavy (non-hydrogen) atoms. The minimum atomic E-state index is -4.60. The predicted molar refractivity (Wildman–Crippen MR) is 68.2 cm³/mol. The zero-order chi connectivity index (χ0) is 15.6. The second-order valence-corrected chi connectivity index (χ2v) is 4.62. The molecule has 1 unspecified atom stereocenters. The Morgan fingerprint density at radius 2 is 1.62 bits per heavy atom. The lowest BCUT2D eigenvalue weighted by molar-refractivity contribution is -0.137. The summed E-state index contributed by atoms with van der Waals surface area (Å²) in [5.74, 6) is -0.868. The van der Waals surface area contributed by atoms with E-state index in [1.54, 1.807) is 0 Å². The van der Waals surface area contributed by atoms with Crippen molar-refractivity contribution in [2.75, 3.05) is 0 Å². The van der Waals surface area contributed by atoms with E-state index in [0.717, 1.165) is 0 Å². The van der Waals surface area contributed by atoms with Crippen LogP contribution in [0.3, 0.4) is 0 Å². The summed E-state index contributed by atoms with van der Waals surface area (Å²) < 4.78 is 51.4. The third-order valence-corrected chi connectivity index (χ3v) is 3.05. The summed E-state index contributed by atoms with van der Waals surface area (Å²) in [6.07, 6.45) is -6.06. The molecule has 0 aromatic heterocycles. The van der Waals surface area contributed by atoms with Crippen LogP contribution in [-0.4, -0.2) is 10.2 Å². The van der Waals surface area contributed by atoms with Gasteiger partial charge in [0.05, 0.1) is 11.7 Å². The fourth-order valence-electron chi connectivity index (χ4n) is 1.94. The molecule has 0 spiro atoms. The van der Waals surface area contributed by atoms with Gasteiger partial charge >= 0.3 is 6.18 Å². The van der Waals surface area contributed by atoms with Gasteiger partial charge in [-0.3, -0.25) is 0 Å². The van der Waals surface area contributed by atoms with Crippen molar-refractivity contribution in [1.29, 1.82) is 0 Å². The minimum absolute atomic E-state index is 0.0264. The number of benzene rings is 2. The fourth-order valence-corrected chi connectivity index (χ4v) is 1.94. The molecule has 2 N–H and O–H groups in total. The summed E-state index contributed by atoms with van der Waals surface area (Å²) in [6.45, 7) is 0. The molecule has 0 saturated heterocycles. The van der Waals surface area contributed by atoms with Crippen LogP contribution in [-0.2, 0) is 12.6 Å². The van der Waals surface area contributed by atoms with Gasteiger partial charge in [0.25, 0.3) is 0 Å². The van der Waals surface area contributed by atoms with Crippen molar-refractivity contribution in [1.82, 2.24) is 0 Å². The Balaban J connectivity index is 2.26. The Bertz CT molecular complexity index is 621. The largest absolute Gasteiger partial charge is 0.508 e. The number of halogens is 4. The molecule has 6 heteroatoms. The Morgan fingerprint density at radius 1 is 1.00 bits per heavy atom. The number of hydrogen-bond acceptors (Lipinski definition) is 2. The van der Waals surface area contributed by atoms with E-state index in [9.17, 15) is 22.7 Å². The Hall–Kier alpha value is -2.08. The molecule has 1 atom stereocenters. The van der Waals surface area contributed by atoms with E-state index in [1.165, 1.54) is 24.3 Å². The van der Waals surface area contributed by atoms with Gasteiger partial charge in [0.2, 0.25) is 0 Å². The van der Waals surface area contributed by atoms with Crippen molar-refractivity contribution in [2.45, 2.75) is 18.7 Å². The van der Waals surface area contributed by atoms with Crippen molar-refractivity contribution < 1.29 is 27.8 Å². The van der Waals surface area contributed by atoms with E-state index in [4.69, 9.17) is 5.11 Å². The van der Waals surface area contributed by atoms with Gasteiger partial charge in [0.1, 0.15) is 11.6 Å². The van der Waals surface area contributed by atoms with Crippen LogP contribution in [0.15, 0.2) is 42.5 Å². The number of alkyl halides is 3. The smallest absolute Gasteiger partial charge is 0.416 e. The van der Waals surface area contributed by atoms with E-state index in [1.807, 2.05) is 0 Å². The van der Waals surface area contributed by atoms with Crippen LogP contribution in [0.1, 0.15) is 22.8 Å². The molecule has 2 rings (SSSR count). The Labute approximate surface area is 118 Å². The van der Waals surface area contributed by atoms with Crippen molar-refractivity contribution in [3.05, 3.63) is 65.0 Å². The molecule has 2 aromatic rings. The molecule has 112 valence electrons. The highest BCUT2D eigenvalue weighted by Crippen LogP contribution is 2.32. The molecule has 0 fully saturated rings. The SMILES string of the molecule is Oc1ccc(CC(O)c2cc(C(F)(F)F)ccc2F)cc1. The van der Waals surface area contributed by atoms with Crippen LogP contribution in [0, 0.1) is 5.82 Å². The van der Waals surface area contributed by atoms with E-state index in [2.05, 4.69) is 0 Å². The summed E-state index contributed by atoms with van der Waals surface area (Å²) in [7, 11) is 0. The highest BCUT2D eigenvalue weighted by molar-refractivity contribution is 5.31. The Kier molecular flexibility index (Phi) is 4.18. The number of aromatic hydroxyl groups is 1. The lowest BCUT2D eigenvalue weighted by Crippen LogP contribution is -2.10. The second-order valence-electron chi connectivity index (χ2n) is 4.62. The van der Waals surface area contributed by atoms with Gasteiger partial charge in [-0.05, 0) is 35.9 Å². The van der Waals surface area contributed by atoms with E-state index >= 15 is 0 Å². The number of aliphatic hydroxyl groups is 1. The predicted octanol–water partition coefficient (Wildman–Crippen LogP) is 3.83. The number of rotatable bonds is 3. The average Bonchev–Trinajstić information content (AvgIpc) is 2.40. The first kappa shape index (κ1) is 15.3. The van der Waals surface area contributed by atoms with Crippen LogP contribution in [0.5, 0.6) is 5.75 Å². The molecular formula is C15H12F4O2. The molecule has 0 aliphatic heterocycles. The second kappa shape index (κ2) is 5.73. The standard InChI is InChI=1S/C15H12F4O2/c16-13-6-3-10(15(17,18)19)8-12(13)14(21)7-9-1-4-11(20)5-2-9/h1-6,8,14,20-21H,7H2. The van der Waals surface area contributed by atoms with Gasteiger partial charge in [-0.2, -0.15) is 13.2 Å². The molecule has 0 aliphatic rings. The first-order valence-corrected chi connectivity index (χ1v) is 6.10. The molecular weight excluding hydrogens is 288 g/mol. The first-order valence-electron chi connectivity index (χ1n) is 6.10. The number of phenolic OH excluding ortho intramolecular Hbond substituents is 1. The minimum Gasteiger partial charge on any atom is -0.508 e. The van der Waals surface area contributed by atoms with Gasteiger partial charge in [-0.25, -0.2) is 4.39 Å². The topological polar surface area (TPSA) is 40.5 Å². The molecule has 0 bridgehead atoms. The maximum atomic E-state index is 13.6. The van der Waals surface area contributed by atoms with E-state index < -0.39 is 29.2 Å². The molecule has 2 nitrogen and oxygen atoms in total. The zero-order valence-electron chi connectivity index (χ0n) is 10.7. The third kappa shape index (κ3) is 3.72. The van der Waals surface area contributed by atoms with Crippen LogP contribution >= 0.6 is 0 Å². The maximum absolute atomic E-state index is 13.6. The average molecular weight is 300 g/mol.